The smallest absolute Gasteiger partial charge is 0.116 e. The van der Waals surface area contributed by atoms with Crippen molar-refractivity contribution in [1.29, 1.82) is 0 Å². The van der Waals surface area contributed by atoms with Crippen LogP contribution in [0.1, 0.15) is 43.2 Å². The maximum atomic E-state index is 11.7. The van der Waals surface area contributed by atoms with Crippen LogP contribution in [0.5, 0.6) is 0 Å². The Morgan fingerprint density at radius 2 is 1.41 bits per heavy atom. The Hall–Kier alpha value is -0.640. The van der Waals surface area contributed by atoms with Crippen molar-refractivity contribution in [2.24, 2.45) is 5.92 Å². The summed E-state index contributed by atoms with van der Waals surface area (Å²) in [4.78, 5) is 0. The van der Waals surface area contributed by atoms with Gasteiger partial charge in [-0.05, 0) is 58.9 Å². The second-order valence-corrected chi connectivity index (χ2v) is 8.43. The van der Waals surface area contributed by atoms with Gasteiger partial charge in [0, 0.05) is 8.95 Å². The van der Waals surface area contributed by atoms with E-state index in [0.717, 1.165) is 26.5 Å². The minimum atomic E-state index is -0.854. The average Bonchev–Trinajstić information content (AvgIpc) is 3.07. The van der Waals surface area contributed by atoms with E-state index in [9.17, 15) is 5.11 Å². The third kappa shape index (κ3) is 2.29. The molecule has 4 rings (SSSR count). The van der Waals surface area contributed by atoms with Crippen molar-refractivity contribution in [1.82, 2.24) is 0 Å². The van der Waals surface area contributed by atoms with Gasteiger partial charge < -0.3 is 5.11 Å². The zero-order valence-electron chi connectivity index (χ0n) is 12.3. The molecule has 0 amide bonds. The largest absolute Gasteiger partial charge is 0.380 e. The fourth-order valence-corrected chi connectivity index (χ4v) is 4.91. The predicted molar refractivity (Wildman–Crippen MR) is 96.9 cm³/mol. The summed E-state index contributed by atoms with van der Waals surface area (Å²) < 4.78 is 2.06. The van der Waals surface area contributed by atoms with Crippen molar-refractivity contribution in [3.63, 3.8) is 0 Å². The van der Waals surface area contributed by atoms with Crippen molar-refractivity contribution < 1.29 is 5.11 Å². The first-order valence-electron chi connectivity index (χ1n) is 7.91. The molecule has 3 heteroatoms. The van der Waals surface area contributed by atoms with Crippen LogP contribution in [0.4, 0.5) is 0 Å². The molecular weight excluding hydrogens is 404 g/mol. The van der Waals surface area contributed by atoms with Gasteiger partial charge in [-0.3, -0.25) is 0 Å². The lowest BCUT2D eigenvalue weighted by molar-refractivity contribution is 0.0574. The van der Waals surface area contributed by atoms with E-state index in [1.54, 1.807) is 0 Å². The predicted octanol–water partition coefficient (Wildman–Crippen LogP) is 6.01. The van der Waals surface area contributed by atoms with E-state index in [-0.39, 0.29) is 0 Å². The van der Waals surface area contributed by atoms with Crippen LogP contribution in [0.2, 0.25) is 0 Å². The van der Waals surface area contributed by atoms with E-state index >= 15 is 0 Å². The molecule has 0 radical (unpaired) electrons. The Morgan fingerprint density at radius 3 is 1.91 bits per heavy atom. The number of halogens is 2. The normalized spacial score (nSPS) is 19.2. The number of benzene rings is 2. The van der Waals surface area contributed by atoms with Gasteiger partial charge in [0.25, 0.3) is 0 Å². The third-order valence-electron chi connectivity index (χ3n) is 5.20. The molecule has 1 fully saturated rings. The molecule has 0 aromatic heterocycles. The van der Waals surface area contributed by atoms with Gasteiger partial charge in [-0.2, -0.15) is 0 Å². The first-order chi connectivity index (χ1) is 10.6. The van der Waals surface area contributed by atoms with Crippen molar-refractivity contribution in [2.45, 2.75) is 37.7 Å². The fourth-order valence-electron chi connectivity index (χ4n) is 4.18. The SMILES string of the molecule is OC1(CC2CCCC2)c2cc(Br)ccc2-c2ccc(Br)cc21. The second kappa shape index (κ2) is 5.47. The summed E-state index contributed by atoms with van der Waals surface area (Å²) in [6.07, 6.45) is 5.93. The molecule has 2 aromatic carbocycles. The molecule has 0 aliphatic heterocycles. The molecule has 22 heavy (non-hydrogen) atoms. The molecule has 0 spiro atoms. The van der Waals surface area contributed by atoms with Gasteiger partial charge in [0.1, 0.15) is 5.60 Å². The summed E-state index contributed by atoms with van der Waals surface area (Å²) in [5, 5.41) is 11.7. The van der Waals surface area contributed by atoms with E-state index < -0.39 is 5.60 Å². The van der Waals surface area contributed by atoms with Gasteiger partial charge in [-0.1, -0.05) is 69.7 Å². The Bertz CT molecular complexity index is 681. The summed E-state index contributed by atoms with van der Waals surface area (Å²) in [5.41, 5.74) is 3.61. The lowest BCUT2D eigenvalue weighted by Gasteiger charge is -2.29. The summed E-state index contributed by atoms with van der Waals surface area (Å²) in [6.45, 7) is 0. The van der Waals surface area contributed by atoms with Crippen LogP contribution in [0.25, 0.3) is 11.1 Å². The van der Waals surface area contributed by atoms with Crippen molar-refractivity contribution in [3.8, 4) is 11.1 Å². The van der Waals surface area contributed by atoms with Crippen molar-refractivity contribution in [3.05, 3.63) is 56.5 Å². The fraction of sp³-hybridized carbons (Fsp3) is 0.368. The van der Waals surface area contributed by atoms with E-state index in [4.69, 9.17) is 0 Å². The minimum absolute atomic E-state index is 0.627. The first kappa shape index (κ1) is 14.9. The lowest BCUT2D eigenvalue weighted by atomic mass is 9.82. The molecule has 0 bridgehead atoms. The molecule has 0 saturated heterocycles. The van der Waals surface area contributed by atoms with Crippen molar-refractivity contribution >= 4 is 31.9 Å². The van der Waals surface area contributed by atoms with Crippen LogP contribution in [0.15, 0.2) is 45.3 Å². The van der Waals surface area contributed by atoms with Gasteiger partial charge in [0.2, 0.25) is 0 Å². The highest BCUT2D eigenvalue weighted by Gasteiger charge is 2.43. The topological polar surface area (TPSA) is 20.2 Å². The highest BCUT2D eigenvalue weighted by molar-refractivity contribution is 9.10. The van der Waals surface area contributed by atoms with Gasteiger partial charge in [-0.15, -0.1) is 0 Å². The lowest BCUT2D eigenvalue weighted by Crippen LogP contribution is -2.27. The van der Waals surface area contributed by atoms with Crippen LogP contribution in [-0.4, -0.2) is 5.11 Å². The molecule has 0 unspecified atom stereocenters. The molecule has 1 N–H and O–H groups in total. The molecule has 0 heterocycles. The van der Waals surface area contributed by atoms with Crippen LogP contribution in [0, 0.1) is 5.92 Å². The molecule has 2 aliphatic carbocycles. The molecule has 1 saturated carbocycles. The standard InChI is InChI=1S/C19H18Br2O/c20-13-5-7-15-16-8-6-14(21)10-18(16)19(22,17(15)9-13)11-12-3-1-2-4-12/h5-10,12,22H,1-4,11H2. The first-order valence-corrected chi connectivity index (χ1v) is 9.49. The Kier molecular flexibility index (Phi) is 3.71. The number of rotatable bonds is 2. The van der Waals surface area contributed by atoms with Gasteiger partial charge in [0.15, 0.2) is 0 Å². The molecule has 114 valence electrons. The molecule has 1 nitrogen and oxygen atoms in total. The summed E-state index contributed by atoms with van der Waals surface area (Å²) in [6, 6.07) is 12.6. The summed E-state index contributed by atoms with van der Waals surface area (Å²) in [7, 11) is 0. The Labute approximate surface area is 148 Å². The van der Waals surface area contributed by atoms with Gasteiger partial charge in [-0.25, -0.2) is 0 Å². The van der Waals surface area contributed by atoms with Gasteiger partial charge >= 0.3 is 0 Å². The maximum Gasteiger partial charge on any atom is 0.116 e. The molecular formula is C19H18Br2O. The maximum absolute atomic E-state index is 11.7. The highest BCUT2D eigenvalue weighted by Crippen LogP contribution is 2.52. The second-order valence-electron chi connectivity index (χ2n) is 6.59. The molecule has 2 aliphatic rings. The van der Waals surface area contributed by atoms with Crippen LogP contribution < -0.4 is 0 Å². The van der Waals surface area contributed by atoms with E-state index in [1.165, 1.54) is 36.8 Å². The van der Waals surface area contributed by atoms with E-state index in [1.807, 2.05) is 0 Å². The van der Waals surface area contributed by atoms with Crippen LogP contribution >= 0.6 is 31.9 Å². The third-order valence-corrected chi connectivity index (χ3v) is 6.19. The number of aliphatic hydroxyl groups is 1. The summed E-state index contributed by atoms with van der Waals surface area (Å²) in [5.74, 6) is 0.627. The van der Waals surface area contributed by atoms with Crippen LogP contribution in [-0.2, 0) is 5.60 Å². The zero-order chi connectivity index (χ0) is 15.3. The summed E-state index contributed by atoms with van der Waals surface area (Å²) >= 11 is 7.14. The molecule has 0 atom stereocenters. The van der Waals surface area contributed by atoms with Crippen LogP contribution in [0.3, 0.4) is 0 Å². The molecule has 2 aromatic rings. The number of hydrogen-bond donors (Lipinski definition) is 1. The van der Waals surface area contributed by atoms with E-state index in [0.29, 0.717) is 5.92 Å². The minimum Gasteiger partial charge on any atom is -0.380 e. The zero-order valence-corrected chi connectivity index (χ0v) is 15.5. The number of fused-ring (bicyclic) bond motifs is 3. The van der Waals surface area contributed by atoms with E-state index in [2.05, 4.69) is 68.3 Å². The van der Waals surface area contributed by atoms with Crippen molar-refractivity contribution in [2.75, 3.05) is 0 Å². The average molecular weight is 422 g/mol. The Morgan fingerprint density at radius 1 is 0.909 bits per heavy atom. The quantitative estimate of drug-likeness (QED) is 0.629. The number of hydrogen-bond acceptors (Lipinski definition) is 1. The van der Waals surface area contributed by atoms with Gasteiger partial charge in [0.05, 0.1) is 0 Å². The monoisotopic (exact) mass is 420 g/mol. The Balaban J connectivity index is 1.89. The highest BCUT2D eigenvalue weighted by atomic mass is 79.9.